The van der Waals surface area contributed by atoms with Gasteiger partial charge < -0.3 is 0 Å². The van der Waals surface area contributed by atoms with Gasteiger partial charge in [-0.15, -0.1) is 0 Å². The molecule has 12 aromatic carbocycles. The van der Waals surface area contributed by atoms with E-state index in [1.807, 2.05) is 0 Å². The van der Waals surface area contributed by atoms with Gasteiger partial charge in [0.2, 0.25) is 0 Å². The molecule has 0 bridgehead atoms. The van der Waals surface area contributed by atoms with E-state index < -0.39 is 0 Å². The minimum atomic E-state index is 1.21. The van der Waals surface area contributed by atoms with E-state index in [9.17, 15) is 0 Å². The fourth-order valence-corrected chi connectivity index (χ4v) is 11.0. The molecule has 0 heteroatoms. The fourth-order valence-electron chi connectivity index (χ4n) is 11.0. The Labute approximate surface area is 374 Å². The van der Waals surface area contributed by atoms with Crippen LogP contribution in [0.5, 0.6) is 0 Å². The van der Waals surface area contributed by atoms with Crippen LogP contribution >= 0.6 is 0 Å². The summed E-state index contributed by atoms with van der Waals surface area (Å²) in [6.45, 7) is 9.01. The molecule has 12 rings (SSSR count). The van der Waals surface area contributed by atoms with Crippen LogP contribution in [0.1, 0.15) is 22.3 Å². The van der Waals surface area contributed by atoms with Gasteiger partial charge in [0, 0.05) is 0 Å². The van der Waals surface area contributed by atoms with E-state index >= 15 is 0 Å². The molecule has 302 valence electrons. The van der Waals surface area contributed by atoms with Crippen molar-refractivity contribution in [2.75, 3.05) is 0 Å². The van der Waals surface area contributed by atoms with Crippen molar-refractivity contribution < 1.29 is 0 Å². The van der Waals surface area contributed by atoms with Crippen LogP contribution in [0.2, 0.25) is 0 Å². The molecule has 0 radical (unpaired) electrons. The molecule has 0 fully saturated rings. The minimum Gasteiger partial charge on any atom is -0.0622 e. The van der Waals surface area contributed by atoms with Crippen LogP contribution in [-0.4, -0.2) is 0 Å². The molecule has 0 saturated carbocycles. The molecule has 64 heavy (non-hydrogen) atoms. The van der Waals surface area contributed by atoms with Crippen LogP contribution in [0.4, 0.5) is 0 Å². The van der Waals surface area contributed by atoms with Gasteiger partial charge in [-0.25, -0.2) is 0 Å². The van der Waals surface area contributed by atoms with Gasteiger partial charge in [0.25, 0.3) is 0 Å². The predicted octanol–water partition coefficient (Wildman–Crippen LogP) is 18.2. The molecule has 0 amide bonds. The quantitative estimate of drug-likeness (QED) is 0.152. The summed E-state index contributed by atoms with van der Waals surface area (Å²) in [5.41, 5.74) is 17.8. The summed E-state index contributed by atoms with van der Waals surface area (Å²) in [6.07, 6.45) is 0. The lowest BCUT2D eigenvalue weighted by atomic mass is 9.83. The third kappa shape index (κ3) is 5.98. The zero-order valence-corrected chi connectivity index (χ0v) is 36.6. The van der Waals surface area contributed by atoms with Gasteiger partial charge in [0.15, 0.2) is 0 Å². The van der Waals surface area contributed by atoms with Crippen molar-refractivity contribution in [3.63, 3.8) is 0 Å². The largest absolute Gasteiger partial charge is 0.0622 e. The SMILES string of the molecule is Cc1cccc(C)c1-c1cc2c3ccc(-c4ccc5c(c4)c(-c4ccccc4)cc4c6ccccc6c(-c6ccccc6)cc54)cc3c(-c3c(C)cccc3C)cc2c2ccccc12. The van der Waals surface area contributed by atoms with E-state index in [4.69, 9.17) is 0 Å². The number of hydrogen-bond donors (Lipinski definition) is 0. The van der Waals surface area contributed by atoms with E-state index in [1.54, 1.807) is 0 Å². The number of hydrogen-bond acceptors (Lipinski definition) is 0. The molecule has 0 aliphatic carbocycles. The van der Waals surface area contributed by atoms with Crippen LogP contribution in [0, 0.1) is 27.7 Å². The summed E-state index contributed by atoms with van der Waals surface area (Å²) in [5, 5.41) is 15.3. The second-order valence-electron chi connectivity index (χ2n) is 17.8. The molecule has 12 aromatic rings. The normalized spacial score (nSPS) is 11.8. The fraction of sp³-hybridized carbons (Fsp3) is 0.0625. The third-order valence-corrected chi connectivity index (χ3v) is 14.0. The highest BCUT2D eigenvalue weighted by Crippen LogP contribution is 2.47. The summed E-state index contributed by atoms with van der Waals surface area (Å²) in [5.74, 6) is 0. The first kappa shape index (κ1) is 37.9. The molecule has 0 aliphatic rings. The molecular weight excluding hydrogens is 769 g/mol. The molecule has 0 spiro atoms. The van der Waals surface area contributed by atoms with Gasteiger partial charge in [-0.1, -0.05) is 170 Å². The lowest BCUT2D eigenvalue weighted by Crippen LogP contribution is -1.94. The zero-order chi connectivity index (χ0) is 43.1. The monoisotopic (exact) mass is 814 g/mol. The Morgan fingerprint density at radius 2 is 0.500 bits per heavy atom. The van der Waals surface area contributed by atoms with Gasteiger partial charge in [0.1, 0.15) is 0 Å². The summed E-state index contributed by atoms with van der Waals surface area (Å²) in [6, 6.07) is 77.3. The molecule has 0 nitrogen and oxygen atoms in total. The van der Waals surface area contributed by atoms with Crippen molar-refractivity contribution in [2.45, 2.75) is 27.7 Å². The Morgan fingerprint density at radius 1 is 0.188 bits per heavy atom. The molecule has 0 atom stereocenters. The lowest BCUT2D eigenvalue weighted by Gasteiger charge is -2.20. The van der Waals surface area contributed by atoms with Crippen molar-refractivity contribution in [2.24, 2.45) is 0 Å². The highest BCUT2D eigenvalue weighted by atomic mass is 14.2. The molecule has 0 unspecified atom stereocenters. The van der Waals surface area contributed by atoms with Crippen molar-refractivity contribution in [1.29, 1.82) is 0 Å². The van der Waals surface area contributed by atoms with Crippen LogP contribution in [0.3, 0.4) is 0 Å². The Bertz CT molecular complexity index is 3810. The topological polar surface area (TPSA) is 0 Å². The van der Waals surface area contributed by atoms with E-state index in [0.717, 1.165) is 0 Å². The smallest absolute Gasteiger partial charge is 0.00923 e. The summed E-state index contributed by atoms with van der Waals surface area (Å²) < 4.78 is 0. The first-order valence-corrected chi connectivity index (χ1v) is 22.5. The second-order valence-corrected chi connectivity index (χ2v) is 17.8. The van der Waals surface area contributed by atoms with Crippen molar-refractivity contribution in [1.82, 2.24) is 0 Å². The molecule has 0 heterocycles. The van der Waals surface area contributed by atoms with Gasteiger partial charge >= 0.3 is 0 Å². The van der Waals surface area contributed by atoms with Crippen LogP contribution < -0.4 is 0 Å². The maximum atomic E-state index is 2.49. The van der Waals surface area contributed by atoms with Crippen molar-refractivity contribution >= 4 is 64.6 Å². The van der Waals surface area contributed by atoms with E-state index in [-0.39, 0.29) is 0 Å². The third-order valence-electron chi connectivity index (χ3n) is 14.0. The lowest BCUT2D eigenvalue weighted by molar-refractivity contribution is 1.38. The Kier molecular flexibility index (Phi) is 8.85. The Morgan fingerprint density at radius 3 is 0.938 bits per heavy atom. The van der Waals surface area contributed by atoms with E-state index in [1.165, 1.54) is 143 Å². The van der Waals surface area contributed by atoms with Gasteiger partial charge in [0.05, 0.1) is 0 Å². The molecule has 0 aromatic heterocycles. The number of aryl methyl sites for hydroxylation is 4. The summed E-state index contributed by atoms with van der Waals surface area (Å²) in [7, 11) is 0. The standard InChI is InChI=1S/C64H46/c1-39-17-15-18-40(2)63(39)61-37-60-52-32-30-46(34-56(52)62(64-41(3)19-16-20-42(64)4)38-59(60)49-27-13-14-28-50(49)61)45-29-31-51-55(33-45)54(44-23-9-6-10-24-44)36-57-48-26-12-11-25-47(48)53(35-58(51)57)43-21-7-5-8-22-43/h5-38H,1-4H3. The minimum absolute atomic E-state index is 1.21. The highest BCUT2D eigenvalue weighted by molar-refractivity contribution is 6.26. The van der Waals surface area contributed by atoms with E-state index in [2.05, 4.69) is 234 Å². The number of benzene rings is 12. The first-order valence-electron chi connectivity index (χ1n) is 22.5. The zero-order valence-electron chi connectivity index (χ0n) is 36.6. The van der Waals surface area contributed by atoms with Gasteiger partial charge in [-0.2, -0.15) is 0 Å². The Balaban J connectivity index is 1.15. The van der Waals surface area contributed by atoms with E-state index in [0.29, 0.717) is 0 Å². The van der Waals surface area contributed by atoms with Gasteiger partial charge in [-0.05, 0) is 207 Å². The number of fused-ring (bicyclic) bond motifs is 10. The van der Waals surface area contributed by atoms with Crippen LogP contribution in [0.25, 0.3) is 120 Å². The molecule has 0 aliphatic heterocycles. The number of rotatable bonds is 5. The van der Waals surface area contributed by atoms with Gasteiger partial charge in [-0.3, -0.25) is 0 Å². The average Bonchev–Trinajstić information content (AvgIpc) is 3.33. The maximum absolute atomic E-state index is 2.49. The first-order chi connectivity index (χ1) is 31.4. The summed E-state index contributed by atoms with van der Waals surface area (Å²) >= 11 is 0. The average molecular weight is 815 g/mol. The van der Waals surface area contributed by atoms with Crippen molar-refractivity contribution in [3.8, 4) is 55.6 Å². The summed E-state index contributed by atoms with van der Waals surface area (Å²) in [4.78, 5) is 0. The molecule has 0 saturated heterocycles. The van der Waals surface area contributed by atoms with Crippen LogP contribution in [0.15, 0.2) is 206 Å². The van der Waals surface area contributed by atoms with Crippen molar-refractivity contribution in [3.05, 3.63) is 229 Å². The predicted molar refractivity (Wildman–Crippen MR) is 278 cm³/mol. The molecular formula is C64H46. The molecule has 0 N–H and O–H groups in total. The Hall–Kier alpha value is -7.80. The highest BCUT2D eigenvalue weighted by Gasteiger charge is 2.20. The van der Waals surface area contributed by atoms with Crippen LogP contribution in [-0.2, 0) is 0 Å². The second kappa shape index (κ2) is 14.9. The maximum Gasteiger partial charge on any atom is -0.00923 e.